The molecule has 2 heteroatoms. The molecule has 1 aliphatic carbocycles. The Morgan fingerprint density at radius 1 is 1.35 bits per heavy atom. The number of hydrogen-bond donors (Lipinski definition) is 1. The van der Waals surface area contributed by atoms with Crippen molar-refractivity contribution in [1.82, 2.24) is 5.32 Å². The van der Waals surface area contributed by atoms with Gasteiger partial charge in [-0.15, -0.1) is 0 Å². The Bertz CT molecular complexity index is 336. The Morgan fingerprint density at radius 2 is 2.12 bits per heavy atom. The topological polar surface area (TPSA) is 21.3 Å². The Labute approximate surface area is 105 Å². The average molecular weight is 235 g/mol. The van der Waals surface area contributed by atoms with Crippen LogP contribution in [0.15, 0.2) is 18.2 Å². The number of hydrogen-bond acceptors (Lipinski definition) is 2. The molecule has 0 spiro atoms. The minimum absolute atomic E-state index is 0.661. The number of fused-ring (bicyclic) bond motifs is 1. The van der Waals surface area contributed by atoms with E-state index < -0.39 is 0 Å². The first-order valence-corrected chi connectivity index (χ1v) is 6.66. The van der Waals surface area contributed by atoms with E-state index in [1.54, 1.807) is 7.11 Å². The van der Waals surface area contributed by atoms with Gasteiger partial charge in [0, 0.05) is 6.54 Å². The molecule has 0 fully saturated rings. The molecule has 1 atom stereocenters. The highest BCUT2D eigenvalue weighted by Crippen LogP contribution is 2.33. The van der Waals surface area contributed by atoms with Gasteiger partial charge in [-0.25, -0.2) is 0 Å². The molecule has 1 aromatic carbocycles. The zero-order valence-electron chi connectivity index (χ0n) is 11.5. The number of likely N-dealkylation sites (N-methyl/N-ethyl adjacent to an activating group) is 1. The van der Waals surface area contributed by atoms with Crippen molar-refractivity contribution in [2.75, 3.05) is 20.7 Å². The number of benzene rings is 1. The van der Waals surface area contributed by atoms with Crippen LogP contribution < -0.4 is 10.1 Å². The molecular formula is C15H25NO. The maximum atomic E-state index is 5.29. The first-order valence-electron chi connectivity index (χ1n) is 6.66. The molecule has 0 aliphatic heterocycles. The van der Waals surface area contributed by atoms with Gasteiger partial charge >= 0.3 is 0 Å². The van der Waals surface area contributed by atoms with Crippen LogP contribution in [0, 0.1) is 0 Å². The molecule has 1 unspecified atom stereocenters. The van der Waals surface area contributed by atoms with E-state index in [-0.39, 0.29) is 0 Å². The van der Waals surface area contributed by atoms with Gasteiger partial charge in [0.25, 0.3) is 0 Å². The Kier molecular flexibility index (Phi) is 6.06. The summed E-state index contributed by atoms with van der Waals surface area (Å²) in [4.78, 5) is 0. The second kappa shape index (κ2) is 7.33. The van der Waals surface area contributed by atoms with Crippen LogP contribution in [-0.4, -0.2) is 20.7 Å². The van der Waals surface area contributed by atoms with Gasteiger partial charge < -0.3 is 10.1 Å². The van der Waals surface area contributed by atoms with Crippen molar-refractivity contribution in [2.24, 2.45) is 0 Å². The summed E-state index contributed by atoms with van der Waals surface area (Å²) >= 11 is 0. The molecule has 1 aliphatic rings. The molecule has 0 amide bonds. The number of aryl methyl sites for hydroxylation is 1. The lowest BCUT2D eigenvalue weighted by molar-refractivity contribution is 0.412. The summed E-state index contributed by atoms with van der Waals surface area (Å²) in [6.45, 7) is 5.07. The molecule has 0 saturated heterocycles. The van der Waals surface area contributed by atoms with Crippen molar-refractivity contribution in [3.63, 3.8) is 0 Å². The monoisotopic (exact) mass is 235 g/mol. The van der Waals surface area contributed by atoms with E-state index in [1.807, 2.05) is 20.9 Å². The molecule has 0 heterocycles. The van der Waals surface area contributed by atoms with Gasteiger partial charge in [0.05, 0.1) is 7.11 Å². The molecule has 0 radical (unpaired) electrons. The van der Waals surface area contributed by atoms with E-state index >= 15 is 0 Å². The van der Waals surface area contributed by atoms with Crippen LogP contribution in [0.5, 0.6) is 5.75 Å². The summed E-state index contributed by atoms with van der Waals surface area (Å²) in [5, 5.41) is 3.27. The Morgan fingerprint density at radius 3 is 2.76 bits per heavy atom. The quantitative estimate of drug-likeness (QED) is 0.867. The summed E-state index contributed by atoms with van der Waals surface area (Å²) in [6.07, 6.45) is 3.83. The maximum absolute atomic E-state index is 5.29. The highest BCUT2D eigenvalue weighted by atomic mass is 16.5. The molecule has 96 valence electrons. The van der Waals surface area contributed by atoms with Crippen LogP contribution in [0.4, 0.5) is 0 Å². The van der Waals surface area contributed by atoms with Crippen LogP contribution in [0.3, 0.4) is 0 Å². The van der Waals surface area contributed by atoms with E-state index in [9.17, 15) is 0 Å². The van der Waals surface area contributed by atoms with E-state index in [0.717, 1.165) is 12.3 Å². The molecule has 0 bridgehead atoms. The van der Waals surface area contributed by atoms with Gasteiger partial charge in [-0.05, 0) is 55.5 Å². The second-order valence-electron chi connectivity index (χ2n) is 4.21. The van der Waals surface area contributed by atoms with Crippen molar-refractivity contribution < 1.29 is 4.74 Å². The maximum Gasteiger partial charge on any atom is 0.119 e. The van der Waals surface area contributed by atoms with Gasteiger partial charge in [0.1, 0.15) is 5.75 Å². The fourth-order valence-corrected chi connectivity index (χ4v) is 2.46. The summed E-state index contributed by atoms with van der Waals surface area (Å²) in [7, 11) is 3.76. The third-order valence-electron chi connectivity index (χ3n) is 3.24. The van der Waals surface area contributed by atoms with Crippen molar-refractivity contribution in [3.8, 4) is 5.75 Å². The second-order valence-corrected chi connectivity index (χ2v) is 4.21. The minimum atomic E-state index is 0.661. The number of methoxy groups -OCH3 is 1. The lowest BCUT2D eigenvalue weighted by Gasteiger charge is -2.25. The van der Waals surface area contributed by atoms with Crippen molar-refractivity contribution in [3.05, 3.63) is 29.3 Å². The van der Waals surface area contributed by atoms with E-state index in [2.05, 4.69) is 23.5 Å². The van der Waals surface area contributed by atoms with Crippen LogP contribution in [0.1, 0.15) is 43.7 Å². The van der Waals surface area contributed by atoms with Gasteiger partial charge in [0.15, 0.2) is 0 Å². The number of nitrogens with one attached hydrogen (secondary N) is 1. The van der Waals surface area contributed by atoms with Crippen molar-refractivity contribution >= 4 is 0 Å². The average Bonchev–Trinajstić information content (AvgIpc) is 2.41. The van der Waals surface area contributed by atoms with Gasteiger partial charge in [-0.3, -0.25) is 0 Å². The molecule has 2 rings (SSSR count). The van der Waals surface area contributed by atoms with E-state index in [1.165, 1.54) is 30.4 Å². The van der Waals surface area contributed by atoms with Crippen LogP contribution >= 0.6 is 0 Å². The third-order valence-corrected chi connectivity index (χ3v) is 3.24. The fraction of sp³-hybridized carbons (Fsp3) is 0.600. The highest BCUT2D eigenvalue weighted by molar-refractivity contribution is 5.39. The predicted octanol–water partition coefficient (Wildman–Crippen LogP) is 3.36. The lowest BCUT2D eigenvalue weighted by Crippen LogP contribution is -2.21. The largest absolute Gasteiger partial charge is 0.497 e. The van der Waals surface area contributed by atoms with E-state index in [4.69, 9.17) is 4.74 Å². The zero-order chi connectivity index (χ0) is 12.7. The fourth-order valence-electron chi connectivity index (χ4n) is 2.46. The van der Waals surface area contributed by atoms with E-state index in [0.29, 0.717) is 5.92 Å². The smallest absolute Gasteiger partial charge is 0.119 e. The summed E-state index contributed by atoms with van der Waals surface area (Å²) < 4.78 is 5.29. The Balaban J connectivity index is 0.000000686. The van der Waals surface area contributed by atoms with Gasteiger partial charge in [-0.1, -0.05) is 19.9 Å². The predicted molar refractivity (Wildman–Crippen MR) is 73.9 cm³/mol. The SMILES string of the molecule is CC.CNCC1CCCc2ccc(OC)cc21. The third kappa shape index (κ3) is 3.47. The minimum Gasteiger partial charge on any atom is -0.497 e. The van der Waals surface area contributed by atoms with Crippen LogP contribution in [0.2, 0.25) is 0 Å². The summed E-state index contributed by atoms with van der Waals surface area (Å²) in [5.74, 6) is 1.64. The molecule has 0 aromatic heterocycles. The number of ether oxygens (including phenoxy) is 1. The van der Waals surface area contributed by atoms with Crippen LogP contribution in [-0.2, 0) is 6.42 Å². The first kappa shape index (κ1) is 14.0. The molecule has 0 saturated carbocycles. The lowest BCUT2D eigenvalue weighted by atomic mass is 9.82. The van der Waals surface area contributed by atoms with Crippen molar-refractivity contribution in [1.29, 1.82) is 0 Å². The molecule has 1 aromatic rings. The van der Waals surface area contributed by atoms with Crippen LogP contribution in [0.25, 0.3) is 0 Å². The highest BCUT2D eigenvalue weighted by Gasteiger charge is 2.19. The molecule has 17 heavy (non-hydrogen) atoms. The summed E-state index contributed by atoms with van der Waals surface area (Å²) in [5.41, 5.74) is 2.98. The van der Waals surface area contributed by atoms with Gasteiger partial charge in [0.2, 0.25) is 0 Å². The van der Waals surface area contributed by atoms with Gasteiger partial charge in [-0.2, -0.15) is 0 Å². The summed E-state index contributed by atoms with van der Waals surface area (Å²) in [6, 6.07) is 6.49. The standard InChI is InChI=1S/C13H19NO.C2H6/c1-14-9-11-5-3-4-10-6-7-12(15-2)8-13(10)11;1-2/h6-8,11,14H,3-5,9H2,1-2H3;1-2H3. The molecule has 2 nitrogen and oxygen atoms in total. The van der Waals surface area contributed by atoms with Crippen molar-refractivity contribution in [2.45, 2.75) is 39.0 Å². The molecular weight excluding hydrogens is 210 g/mol. The first-order chi connectivity index (χ1) is 8.35. The Hall–Kier alpha value is -1.02. The normalized spacial score (nSPS) is 17.8. The number of rotatable bonds is 3. The zero-order valence-corrected chi connectivity index (χ0v) is 11.5. The molecule has 1 N–H and O–H groups in total.